The standard InChI is InChI=1S/C10H12ClIO/c1-3-10-7(5-13)9(10,2)8(10)6(12)4-11/h4-5,7-8H,3H2,1-2H3/b6-4+/t7-,8+,9?,10?/m0/s1. The Morgan fingerprint density at radius 3 is 2.62 bits per heavy atom. The summed E-state index contributed by atoms with van der Waals surface area (Å²) >= 11 is 7.97. The van der Waals surface area contributed by atoms with Crippen molar-refractivity contribution in [1.82, 2.24) is 0 Å². The maximum atomic E-state index is 10.8. The zero-order valence-electron chi connectivity index (χ0n) is 7.68. The Morgan fingerprint density at radius 1 is 1.69 bits per heavy atom. The summed E-state index contributed by atoms with van der Waals surface area (Å²) in [7, 11) is 0. The Labute approximate surface area is 97.0 Å². The number of halogens is 2. The number of carbonyl (C=O) groups is 1. The van der Waals surface area contributed by atoms with Gasteiger partial charge in [0.25, 0.3) is 0 Å². The van der Waals surface area contributed by atoms with E-state index in [1.165, 1.54) is 3.58 Å². The van der Waals surface area contributed by atoms with Crippen LogP contribution < -0.4 is 0 Å². The van der Waals surface area contributed by atoms with Gasteiger partial charge < -0.3 is 4.79 Å². The van der Waals surface area contributed by atoms with Crippen LogP contribution in [0, 0.1) is 22.7 Å². The van der Waals surface area contributed by atoms with Gasteiger partial charge in [0, 0.05) is 21.0 Å². The fourth-order valence-corrected chi connectivity index (χ4v) is 4.79. The Balaban J connectivity index is 2.22. The van der Waals surface area contributed by atoms with Crippen LogP contribution in [0.25, 0.3) is 0 Å². The van der Waals surface area contributed by atoms with Crippen LogP contribution in [0.2, 0.25) is 0 Å². The molecule has 0 spiro atoms. The van der Waals surface area contributed by atoms with Crippen molar-refractivity contribution in [2.75, 3.05) is 0 Å². The highest BCUT2D eigenvalue weighted by molar-refractivity contribution is 14.1. The minimum atomic E-state index is 0.241. The molecule has 2 rings (SSSR count). The van der Waals surface area contributed by atoms with Crippen molar-refractivity contribution in [3.63, 3.8) is 0 Å². The average Bonchev–Trinajstić information content (AvgIpc) is 2.87. The molecule has 2 aliphatic carbocycles. The lowest BCUT2D eigenvalue weighted by atomic mass is 9.92. The van der Waals surface area contributed by atoms with Crippen molar-refractivity contribution in [1.29, 1.82) is 0 Å². The first-order chi connectivity index (χ1) is 6.11. The van der Waals surface area contributed by atoms with Crippen molar-refractivity contribution in [3.8, 4) is 0 Å². The van der Waals surface area contributed by atoms with Gasteiger partial charge in [0.1, 0.15) is 6.29 Å². The summed E-state index contributed by atoms with van der Waals surface area (Å²) < 4.78 is 1.21. The number of aldehydes is 1. The molecular formula is C10H12ClIO. The second-order valence-corrected chi connectivity index (χ2v) is 5.68. The molecule has 2 saturated carbocycles. The first kappa shape index (κ1) is 9.97. The molecule has 0 aliphatic heterocycles. The number of hydrogen-bond donors (Lipinski definition) is 0. The third-order valence-electron chi connectivity index (χ3n) is 4.25. The number of hydrogen-bond acceptors (Lipinski definition) is 1. The molecule has 0 aromatic heterocycles. The van der Waals surface area contributed by atoms with Crippen LogP contribution in [-0.4, -0.2) is 6.29 Å². The van der Waals surface area contributed by atoms with Crippen LogP contribution in [0.3, 0.4) is 0 Å². The largest absolute Gasteiger partial charge is 0.303 e. The highest BCUT2D eigenvalue weighted by Gasteiger charge is 2.94. The van der Waals surface area contributed by atoms with Crippen LogP contribution in [0.4, 0.5) is 0 Å². The van der Waals surface area contributed by atoms with Crippen LogP contribution in [-0.2, 0) is 4.79 Å². The number of allylic oxidation sites excluding steroid dienone is 1. The van der Waals surface area contributed by atoms with Gasteiger partial charge in [-0.1, -0.05) is 25.4 Å². The van der Waals surface area contributed by atoms with Crippen molar-refractivity contribution in [2.45, 2.75) is 20.3 Å². The van der Waals surface area contributed by atoms with E-state index in [1.807, 2.05) is 0 Å². The predicted molar refractivity (Wildman–Crippen MR) is 61.8 cm³/mol. The van der Waals surface area contributed by atoms with Crippen LogP contribution in [0.1, 0.15) is 20.3 Å². The van der Waals surface area contributed by atoms with Gasteiger partial charge >= 0.3 is 0 Å². The Morgan fingerprint density at radius 2 is 2.31 bits per heavy atom. The molecule has 2 aliphatic rings. The van der Waals surface area contributed by atoms with Gasteiger partial charge in [0.15, 0.2) is 0 Å². The van der Waals surface area contributed by atoms with Crippen LogP contribution in [0.5, 0.6) is 0 Å². The lowest BCUT2D eigenvalue weighted by molar-refractivity contribution is -0.111. The van der Waals surface area contributed by atoms with Crippen molar-refractivity contribution >= 4 is 40.5 Å². The van der Waals surface area contributed by atoms with E-state index in [-0.39, 0.29) is 16.7 Å². The van der Waals surface area contributed by atoms with Gasteiger partial charge in [0.2, 0.25) is 0 Å². The molecule has 3 heteroatoms. The van der Waals surface area contributed by atoms with Gasteiger partial charge in [-0.25, -0.2) is 0 Å². The second-order valence-electron chi connectivity index (χ2n) is 4.22. The molecule has 0 N–H and O–H groups in total. The lowest BCUT2D eigenvalue weighted by Gasteiger charge is -2.15. The molecule has 2 fully saturated rings. The fourth-order valence-electron chi connectivity index (χ4n) is 3.46. The summed E-state index contributed by atoms with van der Waals surface area (Å²) in [4.78, 5) is 10.8. The topological polar surface area (TPSA) is 17.1 Å². The van der Waals surface area contributed by atoms with E-state index in [4.69, 9.17) is 11.6 Å². The molecule has 4 atom stereocenters. The summed E-state index contributed by atoms with van der Waals surface area (Å²) in [5.41, 5.74) is 2.17. The Kier molecular flexibility index (Phi) is 2.09. The van der Waals surface area contributed by atoms with Gasteiger partial charge in [-0.2, -0.15) is 0 Å². The Hall–Kier alpha value is 0.430. The third kappa shape index (κ3) is 0.827. The zero-order chi connectivity index (χ0) is 9.85. The normalized spacial score (nSPS) is 52.8. The van der Waals surface area contributed by atoms with Gasteiger partial charge in [-0.3, -0.25) is 0 Å². The zero-order valence-corrected chi connectivity index (χ0v) is 10.6. The SMILES string of the molecule is CCC12[C@H](/C(I)=C\Cl)C1(C)[C@@H]2C=O. The monoisotopic (exact) mass is 310 g/mol. The average molecular weight is 311 g/mol. The highest BCUT2D eigenvalue weighted by atomic mass is 127. The first-order valence-electron chi connectivity index (χ1n) is 4.52. The molecule has 2 unspecified atom stereocenters. The maximum Gasteiger partial charge on any atom is 0.124 e. The molecule has 72 valence electrons. The third-order valence-corrected chi connectivity index (χ3v) is 5.79. The van der Waals surface area contributed by atoms with E-state index >= 15 is 0 Å². The molecule has 0 amide bonds. The highest BCUT2D eigenvalue weighted by Crippen LogP contribution is 2.96. The first-order valence-corrected chi connectivity index (χ1v) is 6.03. The minimum absolute atomic E-state index is 0.241. The molecule has 0 aromatic rings. The van der Waals surface area contributed by atoms with Gasteiger partial charge in [0.05, 0.1) is 0 Å². The lowest BCUT2D eigenvalue weighted by Crippen LogP contribution is -2.13. The van der Waals surface area contributed by atoms with Crippen molar-refractivity contribution < 1.29 is 4.79 Å². The number of rotatable bonds is 3. The Bertz CT molecular complexity index is 301. The number of fused-ring (bicyclic) bond motifs is 1. The molecular weight excluding hydrogens is 298 g/mol. The summed E-state index contributed by atoms with van der Waals surface area (Å²) in [6.45, 7) is 4.37. The molecule has 0 saturated heterocycles. The van der Waals surface area contributed by atoms with Crippen molar-refractivity contribution in [3.05, 3.63) is 9.12 Å². The molecule has 0 aromatic carbocycles. The molecule has 13 heavy (non-hydrogen) atoms. The van der Waals surface area contributed by atoms with E-state index < -0.39 is 0 Å². The quantitative estimate of drug-likeness (QED) is 0.577. The van der Waals surface area contributed by atoms with E-state index in [9.17, 15) is 4.79 Å². The summed E-state index contributed by atoms with van der Waals surface area (Å²) in [6, 6.07) is 0. The maximum absolute atomic E-state index is 10.8. The van der Waals surface area contributed by atoms with Crippen LogP contribution >= 0.6 is 34.2 Å². The van der Waals surface area contributed by atoms with E-state index in [0.717, 1.165) is 12.7 Å². The summed E-state index contributed by atoms with van der Waals surface area (Å²) in [5, 5.41) is 0. The smallest absolute Gasteiger partial charge is 0.124 e. The molecule has 0 radical (unpaired) electrons. The summed E-state index contributed by atoms with van der Waals surface area (Å²) in [6.07, 6.45) is 2.22. The minimum Gasteiger partial charge on any atom is -0.303 e. The van der Waals surface area contributed by atoms with Crippen LogP contribution in [0.15, 0.2) is 9.12 Å². The van der Waals surface area contributed by atoms with E-state index in [2.05, 4.69) is 36.4 Å². The van der Waals surface area contributed by atoms with E-state index in [1.54, 1.807) is 5.54 Å². The van der Waals surface area contributed by atoms with E-state index in [0.29, 0.717) is 5.92 Å². The molecule has 0 bridgehead atoms. The summed E-state index contributed by atoms with van der Waals surface area (Å²) in [5.74, 6) is 0.842. The molecule has 0 heterocycles. The predicted octanol–water partition coefficient (Wildman–Crippen LogP) is 3.36. The van der Waals surface area contributed by atoms with Gasteiger partial charge in [-0.05, 0) is 39.8 Å². The van der Waals surface area contributed by atoms with Gasteiger partial charge in [-0.15, -0.1) is 0 Å². The molecule has 1 nitrogen and oxygen atoms in total. The fraction of sp³-hybridized carbons (Fsp3) is 0.700. The number of carbonyl (C=O) groups excluding carboxylic acids is 1. The van der Waals surface area contributed by atoms with Crippen molar-refractivity contribution in [2.24, 2.45) is 22.7 Å². The second kappa shape index (κ2) is 2.72.